The number of halogens is 1. The lowest BCUT2D eigenvalue weighted by molar-refractivity contribution is 0.118. The largest absolute Gasteiger partial charge is 0.507 e. The number of benzene rings is 1. The zero-order valence-corrected chi connectivity index (χ0v) is 9.65. The first kappa shape index (κ1) is 11.4. The molecule has 1 heterocycles. The Hall–Kier alpha value is -1.06. The summed E-state index contributed by atoms with van der Waals surface area (Å²) >= 11 is 5.83. The summed E-state index contributed by atoms with van der Waals surface area (Å²) in [6, 6.07) is 4.90. The number of ether oxygens (including phenoxy) is 1. The fourth-order valence-electron chi connectivity index (χ4n) is 1.69. The average molecular weight is 240 g/mol. The van der Waals surface area contributed by atoms with Gasteiger partial charge in [-0.05, 0) is 31.0 Å². The molecule has 1 atom stereocenters. The molecule has 4 heteroatoms. The lowest BCUT2D eigenvalue weighted by Gasteiger charge is -2.04. The maximum atomic E-state index is 9.55. The number of phenolic OH excluding ortho intramolecular Hbond substituents is 1. The minimum atomic E-state index is 0.195. The molecule has 0 bridgehead atoms. The van der Waals surface area contributed by atoms with E-state index in [0.717, 1.165) is 19.4 Å². The first-order chi connectivity index (χ1) is 7.75. The van der Waals surface area contributed by atoms with Crippen molar-refractivity contribution in [1.82, 2.24) is 0 Å². The molecule has 0 amide bonds. The van der Waals surface area contributed by atoms with E-state index in [0.29, 0.717) is 17.1 Å². The Bertz CT molecular complexity index is 387. The summed E-state index contributed by atoms with van der Waals surface area (Å²) in [6.45, 7) is 1.48. The lowest BCUT2D eigenvalue weighted by atomic mass is 10.2. The average Bonchev–Trinajstić information content (AvgIpc) is 2.76. The van der Waals surface area contributed by atoms with E-state index in [9.17, 15) is 5.11 Å². The molecule has 1 aromatic rings. The molecule has 0 aliphatic carbocycles. The third kappa shape index (κ3) is 2.97. The van der Waals surface area contributed by atoms with Crippen LogP contribution in [-0.2, 0) is 4.74 Å². The predicted octanol–water partition coefficient (Wildman–Crippen LogP) is 2.64. The summed E-state index contributed by atoms with van der Waals surface area (Å²) in [6.07, 6.45) is 4.06. The van der Waals surface area contributed by atoms with Gasteiger partial charge in [-0.3, -0.25) is 4.99 Å². The SMILES string of the molecule is Oc1ccc(Cl)cc1C=NC[C@H]1CCCO1. The Morgan fingerprint density at radius 3 is 3.19 bits per heavy atom. The standard InChI is InChI=1S/C12H14ClNO2/c13-10-3-4-12(15)9(6-10)7-14-8-11-2-1-5-16-11/h3-4,6-7,11,15H,1-2,5,8H2/t11-/m1/s1. The van der Waals surface area contributed by atoms with Gasteiger partial charge in [0.2, 0.25) is 0 Å². The number of nitrogens with zero attached hydrogens (tertiary/aromatic N) is 1. The summed E-state index contributed by atoms with van der Waals surface area (Å²) < 4.78 is 5.44. The van der Waals surface area contributed by atoms with Crippen LogP contribution in [0.25, 0.3) is 0 Å². The lowest BCUT2D eigenvalue weighted by Crippen LogP contribution is -2.08. The van der Waals surface area contributed by atoms with E-state index in [4.69, 9.17) is 16.3 Å². The summed E-state index contributed by atoms with van der Waals surface area (Å²) in [7, 11) is 0. The van der Waals surface area contributed by atoms with Crippen molar-refractivity contribution in [1.29, 1.82) is 0 Å². The number of phenols is 1. The third-order valence-corrected chi connectivity index (χ3v) is 2.79. The maximum Gasteiger partial charge on any atom is 0.124 e. The predicted molar refractivity (Wildman–Crippen MR) is 64.6 cm³/mol. The maximum absolute atomic E-state index is 9.55. The molecular formula is C12H14ClNO2. The molecule has 1 aromatic carbocycles. The van der Waals surface area contributed by atoms with Gasteiger partial charge in [0.25, 0.3) is 0 Å². The monoisotopic (exact) mass is 239 g/mol. The van der Waals surface area contributed by atoms with Crippen LogP contribution in [-0.4, -0.2) is 30.6 Å². The van der Waals surface area contributed by atoms with E-state index in [1.165, 1.54) is 0 Å². The number of hydrogen-bond acceptors (Lipinski definition) is 3. The van der Waals surface area contributed by atoms with Gasteiger partial charge in [0.1, 0.15) is 5.75 Å². The van der Waals surface area contributed by atoms with Gasteiger partial charge in [0, 0.05) is 23.4 Å². The van der Waals surface area contributed by atoms with Gasteiger partial charge in [-0.1, -0.05) is 11.6 Å². The molecule has 0 radical (unpaired) electrons. The molecule has 1 N–H and O–H groups in total. The Morgan fingerprint density at radius 1 is 1.56 bits per heavy atom. The van der Waals surface area contributed by atoms with Crippen LogP contribution >= 0.6 is 11.6 Å². The third-order valence-electron chi connectivity index (χ3n) is 2.55. The number of aromatic hydroxyl groups is 1. The highest BCUT2D eigenvalue weighted by atomic mass is 35.5. The van der Waals surface area contributed by atoms with Crippen molar-refractivity contribution >= 4 is 17.8 Å². The molecular weight excluding hydrogens is 226 g/mol. The van der Waals surface area contributed by atoms with Crippen LogP contribution < -0.4 is 0 Å². The highest BCUT2D eigenvalue weighted by molar-refractivity contribution is 6.30. The normalized spacial score (nSPS) is 20.7. The fourth-order valence-corrected chi connectivity index (χ4v) is 1.87. The molecule has 1 fully saturated rings. The van der Waals surface area contributed by atoms with Crippen molar-refractivity contribution in [2.45, 2.75) is 18.9 Å². The van der Waals surface area contributed by atoms with Gasteiger partial charge >= 0.3 is 0 Å². The molecule has 1 aliphatic heterocycles. The van der Waals surface area contributed by atoms with E-state index in [2.05, 4.69) is 4.99 Å². The molecule has 2 rings (SSSR count). The van der Waals surface area contributed by atoms with Crippen LogP contribution in [0.3, 0.4) is 0 Å². The van der Waals surface area contributed by atoms with Crippen LogP contribution in [0, 0.1) is 0 Å². The number of hydrogen-bond donors (Lipinski definition) is 1. The first-order valence-electron chi connectivity index (χ1n) is 5.35. The van der Waals surface area contributed by atoms with Crippen molar-refractivity contribution in [2.24, 2.45) is 4.99 Å². The van der Waals surface area contributed by atoms with Gasteiger partial charge in [-0.2, -0.15) is 0 Å². The topological polar surface area (TPSA) is 41.8 Å². The Balaban J connectivity index is 1.96. The second-order valence-corrected chi connectivity index (χ2v) is 4.27. The van der Waals surface area contributed by atoms with Gasteiger partial charge < -0.3 is 9.84 Å². The van der Waals surface area contributed by atoms with Crippen LogP contribution in [0.4, 0.5) is 0 Å². The van der Waals surface area contributed by atoms with Crippen molar-refractivity contribution < 1.29 is 9.84 Å². The van der Waals surface area contributed by atoms with Crippen LogP contribution in [0.2, 0.25) is 5.02 Å². The van der Waals surface area contributed by atoms with Crippen LogP contribution in [0.1, 0.15) is 18.4 Å². The zero-order valence-electron chi connectivity index (χ0n) is 8.90. The number of aliphatic imine (C=N–C) groups is 1. The Morgan fingerprint density at radius 2 is 2.44 bits per heavy atom. The van der Waals surface area contributed by atoms with Crippen molar-refractivity contribution in [3.8, 4) is 5.75 Å². The molecule has 0 unspecified atom stereocenters. The van der Waals surface area contributed by atoms with Crippen molar-refractivity contribution in [3.63, 3.8) is 0 Å². The summed E-state index contributed by atoms with van der Waals surface area (Å²) in [5.74, 6) is 0.195. The second kappa shape index (κ2) is 5.32. The van der Waals surface area contributed by atoms with Crippen molar-refractivity contribution in [3.05, 3.63) is 28.8 Å². The quantitative estimate of drug-likeness (QED) is 0.824. The van der Waals surface area contributed by atoms with Gasteiger partial charge in [-0.25, -0.2) is 0 Å². The highest BCUT2D eigenvalue weighted by Crippen LogP contribution is 2.19. The van der Waals surface area contributed by atoms with E-state index in [-0.39, 0.29) is 11.9 Å². The van der Waals surface area contributed by atoms with E-state index >= 15 is 0 Å². The fraction of sp³-hybridized carbons (Fsp3) is 0.417. The molecule has 0 saturated carbocycles. The second-order valence-electron chi connectivity index (χ2n) is 3.83. The summed E-state index contributed by atoms with van der Waals surface area (Å²) in [5, 5.41) is 10.1. The molecule has 16 heavy (non-hydrogen) atoms. The molecule has 86 valence electrons. The zero-order chi connectivity index (χ0) is 11.4. The summed E-state index contributed by atoms with van der Waals surface area (Å²) in [5.41, 5.74) is 0.644. The van der Waals surface area contributed by atoms with Crippen LogP contribution in [0.15, 0.2) is 23.2 Å². The molecule has 0 aromatic heterocycles. The van der Waals surface area contributed by atoms with E-state index < -0.39 is 0 Å². The molecule has 1 aliphatic rings. The molecule has 1 saturated heterocycles. The van der Waals surface area contributed by atoms with Crippen molar-refractivity contribution in [2.75, 3.05) is 13.2 Å². The van der Waals surface area contributed by atoms with E-state index in [1.54, 1.807) is 24.4 Å². The minimum absolute atomic E-state index is 0.195. The van der Waals surface area contributed by atoms with E-state index in [1.807, 2.05) is 0 Å². The van der Waals surface area contributed by atoms with Gasteiger partial charge in [-0.15, -0.1) is 0 Å². The highest BCUT2D eigenvalue weighted by Gasteiger charge is 2.13. The van der Waals surface area contributed by atoms with Crippen LogP contribution in [0.5, 0.6) is 5.75 Å². The molecule has 0 spiro atoms. The summed E-state index contributed by atoms with van der Waals surface area (Å²) in [4.78, 5) is 4.26. The van der Waals surface area contributed by atoms with Gasteiger partial charge in [0.15, 0.2) is 0 Å². The Labute approximate surface area is 99.7 Å². The minimum Gasteiger partial charge on any atom is -0.507 e. The number of rotatable bonds is 3. The van der Waals surface area contributed by atoms with Gasteiger partial charge in [0.05, 0.1) is 12.6 Å². The Kier molecular flexibility index (Phi) is 3.80. The smallest absolute Gasteiger partial charge is 0.124 e. The molecule has 3 nitrogen and oxygen atoms in total. The first-order valence-corrected chi connectivity index (χ1v) is 5.73.